The Balaban J connectivity index is 2.31. The second-order valence-electron chi connectivity index (χ2n) is 5.05. The number of carbonyl (C=O) groups excluding carboxylic acids is 1. The first-order valence-electron chi connectivity index (χ1n) is 6.84. The summed E-state index contributed by atoms with van der Waals surface area (Å²) >= 11 is 1.70. The van der Waals surface area contributed by atoms with Crippen LogP contribution in [0.4, 0.5) is 4.79 Å². The monoisotopic (exact) mass is 288 g/mol. The molecule has 6 heteroatoms. The van der Waals surface area contributed by atoms with Gasteiger partial charge in [-0.2, -0.15) is 11.8 Å². The molecule has 0 aromatic rings. The standard InChI is InChI=1S/C13H24N2O3S/c1-3-10(8-19-2)15-13(18)14-7-9-5-4-6-11(9)12(16)17/h9-11H,3-8H2,1-2H3,(H,16,17)(H2,14,15,18). The van der Waals surface area contributed by atoms with Gasteiger partial charge in [-0.1, -0.05) is 13.3 Å². The van der Waals surface area contributed by atoms with E-state index >= 15 is 0 Å². The molecule has 3 atom stereocenters. The van der Waals surface area contributed by atoms with Crippen molar-refractivity contribution in [2.24, 2.45) is 11.8 Å². The number of amides is 2. The average molecular weight is 288 g/mol. The summed E-state index contributed by atoms with van der Waals surface area (Å²) in [4.78, 5) is 22.8. The van der Waals surface area contributed by atoms with Gasteiger partial charge in [-0.25, -0.2) is 4.79 Å². The molecule has 0 heterocycles. The minimum Gasteiger partial charge on any atom is -0.481 e. The number of hydrogen-bond acceptors (Lipinski definition) is 3. The number of aliphatic carboxylic acids is 1. The summed E-state index contributed by atoms with van der Waals surface area (Å²) in [6.07, 6.45) is 5.47. The van der Waals surface area contributed by atoms with Crippen LogP contribution in [0.5, 0.6) is 0 Å². The van der Waals surface area contributed by atoms with Gasteiger partial charge in [0.1, 0.15) is 0 Å². The van der Waals surface area contributed by atoms with Crippen molar-refractivity contribution in [3.8, 4) is 0 Å². The predicted molar refractivity (Wildman–Crippen MR) is 77.5 cm³/mol. The summed E-state index contributed by atoms with van der Waals surface area (Å²) < 4.78 is 0. The molecule has 3 unspecified atom stereocenters. The number of urea groups is 1. The van der Waals surface area contributed by atoms with Crippen molar-refractivity contribution in [1.82, 2.24) is 10.6 Å². The molecule has 1 aliphatic carbocycles. The van der Waals surface area contributed by atoms with Gasteiger partial charge in [0.25, 0.3) is 0 Å². The van der Waals surface area contributed by atoms with E-state index in [-0.39, 0.29) is 23.9 Å². The van der Waals surface area contributed by atoms with Gasteiger partial charge in [0.15, 0.2) is 0 Å². The molecule has 0 aromatic carbocycles. The van der Waals surface area contributed by atoms with Crippen molar-refractivity contribution in [3.63, 3.8) is 0 Å². The molecule has 0 spiro atoms. The second kappa shape index (κ2) is 8.30. The van der Waals surface area contributed by atoms with E-state index in [9.17, 15) is 9.59 Å². The van der Waals surface area contributed by atoms with Crippen LogP contribution in [-0.2, 0) is 4.79 Å². The molecule has 110 valence electrons. The SMILES string of the molecule is CCC(CSC)NC(=O)NCC1CCCC1C(=O)O. The zero-order chi connectivity index (χ0) is 14.3. The van der Waals surface area contributed by atoms with Gasteiger partial charge in [-0.15, -0.1) is 0 Å². The van der Waals surface area contributed by atoms with Crippen molar-refractivity contribution in [2.75, 3.05) is 18.6 Å². The smallest absolute Gasteiger partial charge is 0.315 e. The highest BCUT2D eigenvalue weighted by Crippen LogP contribution is 2.31. The minimum absolute atomic E-state index is 0.0730. The van der Waals surface area contributed by atoms with Gasteiger partial charge < -0.3 is 15.7 Å². The van der Waals surface area contributed by atoms with E-state index in [0.717, 1.165) is 31.4 Å². The van der Waals surface area contributed by atoms with Crippen LogP contribution in [0.15, 0.2) is 0 Å². The molecular weight excluding hydrogens is 264 g/mol. The van der Waals surface area contributed by atoms with Gasteiger partial charge in [0, 0.05) is 18.3 Å². The van der Waals surface area contributed by atoms with Crippen LogP contribution in [0, 0.1) is 11.8 Å². The van der Waals surface area contributed by atoms with Crippen LogP contribution in [-0.4, -0.2) is 41.7 Å². The Hall–Kier alpha value is -0.910. The number of thioether (sulfide) groups is 1. The molecule has 0 saturated heterocycles. The van der Waals surface area contributed by atoms with Crippen LogP contribution >= 0.6 is 11.8 Å². The van der Waals surface area contributed by atoms with E-state index in [0.29, 0.717) is 6.54 Å². The van der Waals surface area contributed by atoms with Gasteiger partial charge in [-0.05, 0) is 31.4 Å². The lowest BCUT2D eigenvalue weighted by Gasteiger charge is -2.19. The van der Waals surface area contributed by atoms with Crippen molar-refractivity contribution in [3.05, 3.63) is 0 Å². The minimum atomic E-state index is -0.737. The predicted octanol–water partition coefficient (Wildman–Crippen LogP) is 1.93. The van der Waals surface area contributed by atoms with Crippen molar-refractivity contribution < 1.29 is 14.7 Å². The third kappa shape index (κ3) is 5.30. The van der Waals surface area contributed by atoms with Crippen molar-refractivity contribution >= 4 is 23.8 Å². The van der Waals surface area contributed by atoms with Crippen LogP contribution in [0.1, 0.15) is 32.6 Å². The summed E-state index contributed by atoms with van der Waals surface area (Å²) in [6, 6.07) is -0.00853. The number of hydrogen-bond donors (Lipinski definition) is 3. The number of rotatable bonds is 7. The van der Waals surface area contributed by atoms with Crippen LogP contribution in [0.2, 0.25) is 0 Å². The Kier molecular flexibility index (Phi) is 7.05. The molecule has 1 rings (SSSR count). The van der Waals surface area contributed by atoms with Crippen molar-refractivity contribution in [1.29, 1.82) is 0 Å². The zero-order valence-corrected chi connectivity index (χ0v) is 12.5. The molecule has 0 aromatic heterocycles. The molecule has 5 nitrogen and oxygen atoms in total. The molecule has 3 N–H and O–H groups in total. The summed E-state index contributed by atoms with van der Waals surface area (Å²) in [5.74, 6) is -0.0682. The Morgan fingerprint density at radius 2 is 2.16 bits per heavy atom. The molecule has 0 aliphatic heterocycles. The Labute approximate surface area is 118 Å². The maximum atomic E-state index is 11.7. The van der Waals surface area contributed by atoms with Crippen LogP contribution < -0.4 is 10.6 Å². The summed E-state index contributed by atoms with van der Waals surface area (Å²) in [7, 11) is 0. The highest BCUT2D eigenvalue weighted by Gasteiger charge is 2.32. The molecule has 0 bridgehead atoms. The van der Waals surface area contributed by atoms with Crippen LogP contribution in [0.25, 0.3) is 0 Å². The highest BCUT2D eigenvalue weighted by molar-refractivity contribution is 7.98. The third-order valence-corrected chi connectivity index (χ3v) is 4.43. The maximum absolute atomic E-state index is 11.7. The third-order valence-electron chi connectivity index (χ3n) is 3.70. The lowest BCUT2D eigenvalue weighted by molar-refractivity contribution is -0.142. The van der Waals surface area contributed by atoms with E-state index in [1.807, 2.05) is 13.2 Å². The number of carbonyl (C=O) groups is 2. The van der Waals surface area contributed by atoms with E-state index < -0.39 is 5.97 Å². The summed E-state index contributed by atoms with van der Waals surface area (Å²) in [5, 5.41) is 14.8. The number of nitrogens with one attached hydrogen (secondary N) is 2. The molecule has 19 heavy (non-hydrogen) atoms. The molecule has 1 saturated carbocycles. The normalized spacial score (nSPS) is 23.9. The fourth-order valence-corrected chi connectivity index (χ4v) is 3.25. The number of carboxylic acids is 1. The molecule has 2 amide bonds. The van der Waals surface area contributed by atoms with E-state index in [2.05, 4.69) is 10.6 Å². The Morgan fingerprint density at radius 1 is 1.42 bits per heavy atom. The molecular formula is C13H24N2O3S. The summed E-state index contributed by atoms with van der Waals surface area (Å²) in [6.45, 7) is 2.50. The van der Waals surface area contributed by atoms with Crippen LogP contribution in [0.3, 0.4) is 0 Å². The van der Waals surface area contributed by atoms with Gasteiger partial charge in [-0.3, -0.25) is 4.79 Å². The largest absolute Gasteiger partial charge is 0.481 e. The zero-order valence-electron chi connectivity index (χ0n) is 11.6. The quantitative estimate of drug-likeness (QED) is 0.669. The first-order chi connectivity index (χ1) is 9.08. The van der Waals surface area contributed by atoms with Gasteiger partial charge in [0.2, 0.25) is 0 Å². The number of carboxylic acid groups (broad SMARTS) is 1. The van der Waals surface area contributed by atoms with E-state index in [4.69, 9.17) is 5.11 Å². The van der Waals surface area contributed by atoms with E-state index in [1.54, 1.807) is 11.8 Å². The molecule has 0 radical (unpaired) electrons. The molecule has 1 aliphatic rings. The average Bonchev–Trinajstić information content (AvgIpc) is 2.84. The van der Waals surface area contributed by atoms with E-state index in [1.165, 1.54) is 0 Å². The summed E-state index contributed by atoms with van der Waals surface area (Å²) in [5.41, 5.74) is 0. The fourth-order valence-electron chi connectivity index (χ4n) is 2.53. The second-order valence-corrected chi connectivity index (χ2v) is 5.96. The van der Waals surface area contributed by atoms with Gasteiger partial charge >= 0.3 is 12.0 Å². The molecule has 1 fully saturated rings. The lowest BCUT2D eigenvalue weighted by Crippen LogP contribution is -2.45. The van der Waals surface area contributed by atoms with Crippen molar-refractivity contribution in [2.45, 2.75) is 38.6 Å². The Bertz CT molecular complexity index is 312. The fraction of sp³-hybridized carbons (Fsp3) is 0.846. The van der Waals surface area contributed by atoms with Gasteiger partial charge in [0.05, 0.1) is 5.92 Å². The topological polar surface area (TPSA) is 78.4 Å². The Morgan fingerprint density at radius 3 is 2.74 bits per heavy atom. The lowest BCUT2D eigenvalue weighted by atomic mass is 9.96. The first-order valence-corrected chi connectivity index (χ1v) is 8.24. The highest BCUT2D eigenvalue weighted by atomic mass is 32.2. The maximum Gasteiger partial charge on any atom is 0.315 e. The first kappa shape index (κ1) is 16.1.